The molecule has 0 aliphatic heterocycles. The molecule has 0 aromatic carbocycles. The van der Waals surface area contributed by atoms with Crippen LogP contribution in [0.4, 0.5) is 4.39 Å². The van der Waals surface area contributed by atoms with Crippen LogP contribution in [0.25, 0.3) is 0 Å². The van der Waals surface area contributed by atoms with Gasteiger partial charge in [-0.1, -0.05) is 0 Å². The van der Waals surface area contributed by atoms with Gasteiger partial charge in [-0.25, -0.2) is 4.98 Å². The molecular formula is C6H5ClFNO. The van der Waals surface area contributed by atoms with Crippen LogP contribution < -0.4 is 0 Å². The Labute approximate surface area is 62.3 Å². The molecule has 1 heterocycles. The van der Waals surface area contributed by atoms with Gasteiger partial charge in [-0.05, 0) is 6.07 Å². The Hall–Kier alpha value is -0.830. The van der Waals surface area contributed by atoms with Gasteiger partial charge in [0.15, 0.2) is 0 Å². The molecule has 0 radical (unpaired) electrons. The monoisotopic (exact) mass is 161 g/mol. The van der Waals surface area contributed by atoms with Crippen molar-refractivity contribution in [3.05, 3.63) is 23.8 Å². The minimum absolute atomic E-state index is 0.0211. The van der Waals surface area contributed by atoms with Gasteiger partial charge in [0, 0.05) is 5.56 Å². The topological polar surface area (TPSA) is 33.1 Å². The number of aromatic hydroxyl groups is 1. The standard InChI is InChI=1S/C6H5ClFNO/c7-2-4-1-5(10)3-9-6(4)8/h1,3,10H,2H2. The Morgan fingerprint density at radius 3 is 2.90 bits per heavy atom. The average Bonchev–Trinajstić information content (AvgIpc) is 1.94. The molecule has 0 fully saturated rings. The highest BCUT2D eigenvalue weighted by Gasteiger charge is 2.01. The first kappa shape index (κ1) is 7.28. The first-order valence-corrected chi connectivity index (χ1v) is 3.17. The van der Waals surface area contributed by atoms with Gasteiger partial charge in [-0.2, -0.15) is 4.39 Å². The number of nitrogens with zero attached hydrogens (tertiary/aromatic N) is 1. The summed E-state index contributed by atoms with van der Waals surface area (Å²) >= 11 is 5.31. The maximum Gasteiger partial charge on any atom is 0.217 e. The van der Waals surface area contributed by atoms with Crippen LogP contribution in [0, 0.1) is 5.95 Å². The number of aromatic nitrogens is 1. The van der Waals surface area contributed by atoms with Crippen LogP contribution in [0.3, 0.4) is 0 Å². The van der Waals surface area contributed by atoms with Gasteiger partial charge < -0.3 is 5.11 Å². The third kappa shape index (κ3) is 1.36. The second-order valence-electron chi connectivity index (χ2n) is 1.78. The predicted octanol–water partition coefficient (Wildman–Crippen LogP) is 1.67. The second-order valence-corrected chi connectivity index (χ2v) is 2.04. The van der Waals surface area contributed by atoms with E-state index in [1.54, 1.807) is 0 Å². The van der Waals surface area contributed by atoms with Crippen LogP contribution in [0.2, 0.25) is 0 Å². The molecule has 1 aromatic rings. The van der Waals surface area contributed by atoms with Crippen molar-refractivity contribution >= 4 is 11.6 Å². The van der Waals surface area contributed by atoms with Crippen molar-refractivity contribution in [2.45, 2.75) is 5.88 Å². The Kier molecular flexibility index (Phi) is 2.06. The molecule has 4 heteroatoms. The molecule has 0 amide bonds. The summed E-state index contributed by atoms with van der Waals surface area (Å²) in [5, 5.41) is 8.78. The highest BCUT2D eigenvalue weighted by atomic mass is 35.5. The molecule has 0 saturated heterocycles. The van der Waals surface area contributed by atoms with Crippen molar-refractivity contribution in [1.29, 1.82) is 0 Å². The van der Waals surface area contributed by atoms with Crippen LogP contribution in [0.5, 0.6) is 5.75 Å². The quantitative estimate of drug-likeness (QED) is 0.502. The highest BCUT2D eigenvalue weighted by molar-refractivity contribution is 6.17. The smallest absolute Gasteiger partial charge is 0.217 e. The van der Waals surface area contributed by atoms with E-state index >= 15 is 0 Å². The largest absolute Gasteiger partial charge is 0.506 e. The fourth-order valence-corrected chi connectivity index (χ4v) is 0.762. The molecule has 0 aliphatic rings. The maximum absolute atomic E-state index is 12.5. The zero-order chi connectivity index (χ0) is 7.56. The lowest BCUT2D eigenvalue weighted by Gasteiger charge is -1.96. The van der Waals surface area contributed by atoms with Gasteiger partial charge in [-0.3, -0.25) is 0 Å². The number of rotatable bonds is 1. The van der Waals surface area contributed by atoms with Crippen LogP contribution >= 0.6 is 11.6 Å². The summed E-state index contributed by atoms with van der Waals surface area (Å²) in [6, 6.07) is 1.25. The molecule has 0 saturated carbocycles. The fraction of sp³-hybridized carbons (Fsp3) is 0.167. The lowest BCUT2D eigenvalue weighted by Crippen LogP contribution is -1.88. The second kappa shape index (κ2) is 2.84. The van der Waals surface area contributed by atoms with E-state index in [-0.39, 0.29) is 17.2 Å². The minimum Gasteiger partial charge on any atom is -0.506 e. The first-order valence-electron chi connectivity index (χ1n) is 2.63. The summed E-state index contributed by atoms with van der Waals surface area (Å²) in [6.07, 6.45) is 1.03. The Morgan fingerprint density at radius 1 is 1.70 bits per heavy atom. The predicted molar refractivity (Wildman–Crippen MR) is 35.4 cm³/mol. The van der Waals surface area contributed by atoms with Crippen LogP contribution in [-0.4, -0.2) is 10.1 Å². The van der Waals surface area contributed by atoms with E-state index in [0.717, 1.165) is 6.20 Å². The van der Waals surface area contributed by atoms with E-state index in [0.29, 0.717) is 0 Å². The summed E-state index contributed by atoms with van der Waals surface area (Å²) < 4.78 is 12.5. The minimum atomic E-state index is -0.632. The third-order valence-electron chi connectivity index (χ3n) is 1.04. The van der Waals surface area contributed by atoms with E-state index in [2.05, 4.69) is 4.98 Å². The lowest BCUT2D eigenvalue weighted by atomic mass is 10.3. The molecule has 0 atom stereocenters. The molecule has 2 nitrogen and oxygen atoms in total. The van der Waals surface area contributed by atoms with E-state index in [1.807, 2.05) is 0 Å². The van der Waals surface area contributed by atoms with Crippen LogP contribution in [0.15, 0.2) is 12.3 Å². The molecule has 0 aliphatic carbocycles. The lowest BCUT2D eigenvalue weighted by molar-refractivity contribution is 0.464. The van der Waals surface area contributed by atoms with Gasteiger partial charge in [0.05, 0.1) is 12.1 Å². The van der Waals surface area contributed by atoms with Gasteiger partial charge in [0.2, 0.25) is 5.95 Å². The molecule has 0 spiro atoms. The van der Waals surface area contributed by atoms with E-state index in [9.17, 15) is 4.39 Å². The number of pyridine rings is 1. The van der Waals surface area contributed by atoms with Crippen LogP contribution in [0.1, 0.15) is 5.56 Å². The summed E-state index contributed by atoms with van der Waals surface area (Å²) in [4.78, 5) is 3.25. The normalized spacial score (nSPS) is 9.80. The van der Waals surface area contributed by atoms with Crippen LogP contribution in [-0.2, 0) is 5.88 Å². The SMILES string of the molecule is Oc1cnc(F)c(CCl)c1. The molecule has 10 heavy (non-hydrogen) atoms. The van der Waals surface area contributed by atoms with Crippen molar-refractivity contribution in [3.63, 3.8) is 0 Å². The zero-order valence-electron chi connectivity index (χ0n) is 5.01. The number of hydrogen-bond acceptors (Lipinski definition) is 2. The summed E-state index contributed by atoms with van der Waals surface area (Å²) in [5.41, 5.74) is 0.210. The zero-order valence-corrected chi connectivity index (χ0v) is 5.77. The van der Waals surface area contributed by atoms with Crippen molar-refractivity contribution in [1.82, 2.24) is 4.98 Å². The van der Waals surface area contributed by atoms with Crippen molar-refractivity contribution < 1.29 is 9.50 Å². The summed E-state index contributed by atoms with van der Waals surface area (Å²) in [5.74, 6) is -0.683. The van der Waals surface area contributed by atoms with E-state index < -0.39 is 5.95 Å². The number of hydrogen-bond donors (Lipinski definition) is 1. The highest BCUT2D eigenvalue weighted by Crippen LogP contribution is 2.13. The van der Waals surface area contributed by atoms with Gasteiger partial charge in [0.25, 0.3) is 0 Å². The molecule has 1 rings (SSSR count). The third-order valence-corrected chi connectivity index (χ3v) is 1.33. The van der Waals surface area contributed by atoms with Crippen molar-refractivity contribution in [2.24, 2.45) is 0 Å². The van der Waals surface area contributed by atoms with Crippen molar-refractivity contribution in [2.75, 3.05) is 0 Å². The van der Waals surface area contributed by atoms with Gasteiger partial charge in [0.1, 0.15) is 5.75 Å². The molecule has 0 bridgehead atoms. The first-order chi connectivity index (χ1) is 4.74. The number of alkyl halides is 1. The Morgan fingerprint density at radius 2 is 2.40 bits per heavy atom. The fourth-order valence-electron chi connectivity index (χ4n) is 0.575. The average molecular weight is 162 g/mol. The molecule has 1 aromatic heterocycles. The molecular weight excluding hydrogens is 157 g/mol. The van der Waals surface area contributed by atoms with Gasteiger partial charge >= 0.3 is 0 Å². The van der Waals surface area contributed by atoms with E-state index in [4.69, 9.17) is 16.7 Å². The maximum atomic E-state index is 12.5. The molecule has 0 unspecified atom stereocenters. The molecule has 54 valence electrons. The Bertz CT molecular complexity index is 241. The van der Waals surface area contributed by atoms with E-state index in [1.165, 1.54) is 6.07 Å². The summed E-state index contributed by atoms with van der Waals surface area (Å²) in [6.45, 7) is 0. The Balaban J connectivity index is 3.09. The van der Waals surface area contributed by atoms with Crippen molar-refractivity contribution in [3.8, 4) is 5.75 Å². The number of halogens is 2. The van der Waals surface area contributed by atoms with Gasteiger partial charge in [-0.15, -0.1) is 11.6 Å². The summed E-state index contributed by atoms with van der Waals surface area (Å²) in [7, 11) is 0. The molecule has 1 N–H and O–H groups in total.